The van der Waals surface area contributed by atoms with Crippen LogP contribution < -0.4 is 20.3 Å². The molecule has 2 amide bonds. The largest absolute Gasteiger partial charge is 0.497 e. The highest BCUT2D eigenvalue weighted by Gasteiger charge is 2.17. The molecule has 0 bridgehead atoms. The summed E-state index contributed by atoms with van der Waals surface area (Å²) in [5.41, 5.74) is 1.47. The Labute approximate surface area is 176 Å². The van der Waals surface area contributed by atoms with Gasteiger partial charge in [-0.25, -0.2) is 0 Å². The van der Waals surface area contributed by atoms with E-state index in [1.807, 2.05) is 30.3 Å². The van der Waals surface area contributed by atoms with Crippen LogP contribution in [-0.4, -0.2) is 58.3 Å². The van der Waals surface area contributed by atoms with Gasteiger partial charge in [0.2, 0.25) is 0 Å². The summed E-state index contributed by atoms with van der Waals surface area (Å²) in [7, 11) is 1.60. The Morgan fingerprint density at radius 3 is 2.43 bits per heavy atom. The molecule has 0 aromatic heterocycles. The van der Waals surface area contributed by atoms with Gasteiger partial charge in [0.1, 0.15) is 24.5 Å². The number of hydrogen-bond acceptors (Lipinski definition) is 4. The third-order valence-electron chi connectivity index (χ3n) is 4.92. The van der Waals surface area contributed by atoms with Crippen molar-refractivity contribution in [2.24, 2.45) is 0 Å². The molecule has 158 valence electrons. The minimum Gasteiger partial charge on any atom is -0.497 e. The van der Waals surface area contributed by atoms with Crippen molar-refractivity contribution in [3.8, 4) is 5.75 Å². The number of methoxy groups -OCH3 is 1. The Hall–Kier alpha value is -3.16. The van der Waals surface area contributed by atoms with E-state index in [1.54, 1.807) is 37.5 Å². The van der Waals surface area contributed by atoms with Crippen LogP contribution in [0.5, 0.6) is 5.75 Å². The molecule has 1 aliphatic rings. The second kappa shape index (κ2) is 11.1. The number of nitrogens with one attached hydrogen (secondary N) is 3. The quantitative estimate of drug-likeness (QED) is 0.554. The molecule has 7 heteroatoms. The molecule has 3 N–H and O–H groups in total. The van der Waals surface area contributed by atoms with Crippen LogP contribution in [0.4, 0.5) is 0 Å². The standard InChI is InChI=1S/C23H27N3O4/c1-29-20-9-7-18(8-10-20)17-21(25-22(27)19-5-3-2-4-6-19)23(28)24-11-12-26-13-15-30-16-14-26/h2-10,17H,11-16H2,1H3,(H,24,28)(H,25,27)/p+1/b21-17-. The van der Waals surface area contributed by atoms with Crippen LogP contribution in [0, 0.1) is 0 Å². The van der Waals surface area contributed by atoms with Crippen molar-refractivity contribution in [1.29, 1.82) is 0 Å². The van der Waals surface area contributed by atoms with E-state index < -0.39 is 0 Å². The molecule has 0 spiro atoms. The fourth-order valence-corrected chi connectivity index (χ4v) is 3.17. The van der Waals surface area contributed by atoms with Crippen LogP contribution in [0.2, 0.25) is 0 Å². The molecule has 2 aromatic carbocycles. The monoisotopic (exact) mass is 410 g/mol. The van der Waals surface area contributed by atoms with E-state index in [2.05, 4.69) is 10.6 Å². The molecule has 7 nitrogen and oxygen atoms in total. The molecule has 0 atom stereocenters. The molecule has 1 saturated heterocycles. The molecule has 1 aliphatic heterocycles. The number of benzene rings is 2. The van der Waals surface area contributed by atoms with Gasteiger partial charge in [-0.05, 0) is 35.9 Å². The molecule has 0 unspecified atom stereocenters. The average molecular weight is 410 g/mol. The normalized spacial score (nSPS) is 14.8. The van der Waals surface area contributed by atoms with Gasteiger partial charge in [-0.1, -0.05) is 30.3 Å². The van der Waals surface area contributed by atoms with E-state index in [9.17, 15) is 9.59 Å². The van der Waals surface area contributed by atoms with Gasteiger partial charge in [-0.2, -0.15) is 0 Å². The lowest BCUT2D eigenvalue weighted by atomic mass is 10.1. The molecule has 0 saturated carbocycles. The zero-order valence-corrected chi connectivity index (χ0v) is 17.1. The van der Waals surface area contributed by atoms with Crippen LogP contribution in [0.15, 0.2) is 60.3 Å². The summed E-state index contributed by atoms with van der Waals surface area (Å²) in [5, 5.41) is 5.67. The number of amides is 2. The summed E-state index contributed by atoms with van der Waals surface area (Å²) in [6.45, 7) is 4.72. The van der Waals surface area contributed by atoms with Crippen LogP contribution in [-0.2, 0) is 9.53 Å². The first-order chi connectivity index (χ1) is 14.7. The lowest BCUT2D eigenvalue weighted by Gasteiger charge is -2.23. The van der Waals surface area contributed by atoms with E-state index in [1.165, 1.54) is 4.90 Å². The number of carbonyl (C=O) groups is 2. The molecule has 2 aromatic rings. The van der Waals surface area contributed by atoms with Gasteiger partial charge >= 0.3 is 0 Å². The van der Waals surface area contributed by atoms with Crippen LogP contribution in [0.25, 0.3) is 6.08 Å². The molecule has 30 heavy (non-hydrogen) atoms. The highest BCUT2D eigenvalue weighted by Crippen LogP contribution is 2.14. The maximum atomic E-state index is 12.8. The Bertz CT molecular complexity index is 860. The van der Waals surface area contributed by atoms with Crippen LogP contribution in [0.3, 0.4) is 0 Å². The van der Waals surface area contributed by atoms with E-state index in [0.717, 1.165) is 44.2 Å². The van der Waals surface area contributed by atoms with Gasteiger partial charge in [-0.15, -0.1) is 0 Å². The Balaban J connectivity index is 1.69. The number of hydrogen-bond donors (Lipinski definition) is 3. The third-order valence-corrected chi connectivity index (χ3v) is 4.92. The van der Waals surface area contributed by atoms with Crippen LogP contribution >= 0.6 is 0 Å². The Morgan fingerprint density at radius 2 is 1.77 bits per heavy atom. The number of ether oxygens (including phenoxy) is 2. The first-order valence-corrected chi connectivity index (χ1v) is 10.1. The SMILES string of the molecule is COc1ccc(/C=C(\NC(=O)c2ccccc2)C(=O)NCC[NH+]2CCOCC2)cc1. The zero-order chi connectivity index (χ0) is 21.2. The summed E-state index contributed by atoms with van der Waals surface area (Å²) >= 11 is 0. The van der Waals surface area contributed by atoms with E-state index in [-0.39, 0.29) is 17.5 Å². The molecule has 3 rings (SSSR count). The highest BCUT2D eigenvalue weighted by molar-refractivity contribution is 6.05. The smallest absolute Gasteiger partial charge is 0.268 e. The lowest BCUT2D eigenvalue weighted by Crippen LogP contribution is -3.14. The zero-order valence-electron chi connectivity index (χ0n) is 17.1. The van der Waals surface area contributed by atoms with Gasteiger partial charge < -0.3 is 25.0 Å². The second-order valence-corrected chi connectivity index (χ2v) is 7.02. The number of carbonyl (C=O) groups excluding carboxylic acids is 2. The van der Waals surface area contributed by atoms with Gasteiger partial charge in [0.25, 0.3) is 11.8 Å². The summed E-state index contributed by atoms with van der Waals surface area (Å²) < 4.78 is 10.5. The Kier molecular flexibility index (Phi) is 8.00. The van der Waals surface area contributed by atoms with Gasteiger partial charge in [0.15, 0.2) is 0 Å². The van der Waals surface area contributed by atoms with Gasteiger partial charge in [0.05, 0.1) is 33.4 Å². The maximum Gasteiger partial charge on any atom is 0.268 e. The van der Waals surface area contributed by atoms with Crippen molar-refractivity contribution in [2.75, 3.05) is 46.5 Å². The highest BCUT2D eigenvalue weighted by atomic mass is 16.5. The first kappa shape index (κ1) is 21.5. The van der Waals surface area contributed by atoms with E-state index in [0.29, 0.717) is 12.1 Å². The predicted octanol–water partition coefficient (Wildman–Crippen LogP) is 0.497. The molecular formula is C23H28N3O4+. The molecule has 0 radical (unpaired) electrons. The van der Waals surface area contributed by atoms with Crippen molar-refractivity contribution in [3.63, 3.8) is 0 Å². The minimum absolute atomic E-state index is 0.200. The predicted molar refractivity (Wildman–Crippen MR) is 114 cm³/mol. The summed E-state index contributed by atoms with van der Waals surface area (Å²) in [6, 6.07) is 16.1. The van der Waals surface area contributed by atoms with Crippen LogP contribution in [0.1, 0.15) is 15.9 Å². The summed E-state index contributed by atoms with van der Waals surface area (Å²) in [4.78, 5) is 26.8. The molecule has 0 aliphatic carbocycles. The first-order valence-electron chi connectivity index (χ1n) is 10.1. The van der Waals surface area contributed by atoms with Crippen molar-refractivity contribution >= 4 is 17.9 Å². The maximum absolute atomic E-state index is 12.8. The fourth-order valence-electron chi connectivity index (χ4n) is 3.17. The molecular weight excluding hydrogens is 382 g/mol. The summed E-state index contributed by atoms with van der Waals surface area (Å²) in [5.74, 6) is 0.0760. The fraction of sp³-hybridized carbons (Fsp3) is 0.304. The minimum atomic E-state index is -0.329. The van der Waals surface area contributed by atoms with Crippen molar-refractivity contribution in [2.45, 2.75) is 0 Å². The van der Waals surface area contributed by atoms with E-state index >= 15 is 0 Å². The van der Waals surface area contributed by atoms with Crippen molar-refractivity contribution in [1.82, 2.24) is 10.6 Å². The summed E-state index contributed by atoms with van der Waals surface area (Å²) in [6.07, 6.45) is 1.66. The molecule has 1 heterocycles. The molecule has 1 fully saturated rings. The van der Waals surface area contributed by atoms with Crippen molar-refractivity contribution in [3.05, 3.63) is 71.4 Å². The Morgan fingerprint density at radius 1 is 1.07 bits per heavy atom. The van der Waals surface area contributed by atoms with Gasteiger partial charge in [-0.3, -0.25) is 9.59 Å². The van der Waals surface area contributed by atoms with E-state index in [4.69, 9.17) is 9.47 Å². The number of quaternary nitrogens is 1. The topological polar surface area (TPSA) is 81.1 Å². The third kappa shape index (κ3) is 6.43. The lowest BCUT2D eigenvalue weighted by molar-refractivity contribution is -0.906. The average Bonchev–Trinajstić information content (AvgIpc) is 2.80. The van der Waals surface area contributed by atoms with Gasteiger partial charge in [0, 0.05) is 5.56 Å². The second-order valence-electron chi connectivity index (χ2n) is 7.02. The van der Waals surface area contributed by atoms with Crippen molar-refractivity contribution < 1.29 is 24.0 Å². The number of morpholine rings is 1. The number of rotatable bonds is 8.